The molecular weight excluding hydrogens is 431 g/mol. The van der Waals surface area contributed by atoms with Crippen LogP contribution in [0.15, 0.2) is 30.3 Å². The molecule has 30 heavy (non-hydrogen) atoms. The number of carbonyl (C=O) groups excluding carboxylic acids is 4. The number of hydrogen-bond acceptors (Lipinski definition) is 5. The van der Waals surface area contributed by atoms with Crippen LogP contribution in [-0.2, 0) is 23.9 Å². The molecule has 0 radical (unpaired) electrons. The predicted molar refractivity (Wildman–Crippen MR) is 109 cm³/mol. The van der Waals surface area contributed by atoms with Gasteiger partial charge in [0.05, 0.1) is 28.6 Å². The highest BCUT2D eigenvalue weighted by molar-refractivity contribution is 6.31. The van der Waals surface area contributed by atoms with Gasteiger partial charge in [0.2, 0.25) is 11.8 Å². The van der Waals surface area contributed by atoms with Crippen LogP contribution in [0.25, 0.3) is 0 Å². The summed E-state index contributed by atoms with van der Waals surface area (Å²) in [5, 5.41) is 2.03. The molecule has 160 valence electrons. The molecule has 3 fully saturated rings. The monoisotopic (exact) mass is 452 g/mol. The topological polar surface area (TPSA) is 92.8 Å². The molecule has 0 aromatic heterocycles. The van der Waals surface area contributed by atoms with Gasteiger partial charge in [-0.15, -0.1) is 23.2 Å². The number of halogens is 2. The minimum Gasteiger partial charge on any atom is -0.454 e. The van der Waals surface area contributed by atoms with E-state index in [4.69, 9.17) is 27.9 Å². The molecule has 0 spiro atoms. The van der Waals surface area contributed by atoms with Crippen LogP contribution in [0, 0.1) is 23.7 Å². The van der Waals surface area contributed by atoms with Gasteiger partial charge in [0.1, 0.15) is 6.54 Å². The normalized spacial score (nSPS) is 32.8. The molecule has 1 saturated heterocycles. The Kier molecular flexibility index (Phi) is 5.77. The van der Waals surface area contributed by atoms with E-state index < -0.39 is 48.7 Å². The fraction of sp³-hybridized carbons (Fsp3) is 0.524. The van der Waals surface area contributed by atoms with E-state index in [9.17, 15) is 19.2 Å². The first-order valence-corrected chi connectivity index (χ1v) is 10.8. The van der Waals surface area contributed by atoms with Crippen molar-refractivity contribution in [2.45, 2.75) is 30.1 Å². The van der Waals surface area contributed by atoms with Crippen molar-refractivity contribution in [3.05, 3.63) is 35.9 Å². The Hall–Kier alpha value is -2.12. The van der Waals surface area contributed by atoms with Gasteiger partial charge in [-0.2, -0.15) is 0 Å². The number of alkyl halides is 2. The molecule has 3 aliphatic rings. The molecule has 2 aliphatic carbocycles. The number of imide groups is 1. The third kappa shape index (κ3) is 3.58. The number of nitrogens with one attached hydrogen (secondary N) is 1. The second kappa shape index (κ2) is 8.19. The summed E-state index contributed by atoms with van der Waals surface area (Å²) in [4.78, 5) is 50.6. The number of esters is 1. The summed E-state index contributed by atoms with van der Waals surface area (Å²) >= 11 is 12.6. The highest BCUT2D eigenvalue weighted by Crippen LogP contribution is 2.59. The lowest BCUT2D eigenvalue weighted by molar-refractivity contribution is -0.155. The highest BCUT2D eigenvalue weighted by Gasteiger charge is 2.66. The Morgan fingerprint density at radius 2 is 1.67 bits per heavy atom. The van der Waals surface area contributed by atoms with Crippen LogP contribution < -0.4 is 5.32 Å². The molecule has 1 aromatic carbocycles. The number of likely N-dealkylation sites (tertiary alicyclic amines) is 1. The average Bonchev–Trinajstić information content (AvgIpc) is 3.34. The number of carbonyl (C=O) groups is 4. The number of ether oxygens (including phenoxy) is 1. The van der Waals surface area contributed by atoms with E-state index in [-0.39, 0.29) is 28.6 Å². The summed E-state index contributed by atoms with van der Waals surface area (Å²) in [6, 6.07) is 9.11. The van der Waals surface area contributed by atoms with E-state index in [1.807, 2.05) is 37.3 Å². The third-order valence-electron chi connectivity index (χ3n) is 6.41. The fourth-order valence-corrected chi connectivity index (χ4v) is 5.89. The molecule has 7 nitrogen and oxygen atoms in total. The number of hydrogen-bond donors (Lipinski definition) is 1. The van der Waals surface area contributed by atoms with Crippen molar-refractivity contribution in [3.8, 4) is 0 Å². The summed E-state index contributed by atoms with van der Waals surface area (Å²) in [6.45, 7) is 0.821. The van der Waals surface area contributed by atoms with E-state index in [1.54, 1.807) is 0 Å². The molecular formula is C21H22Cl2N2O5. The van der Waals surface area contributed by atoms with Crippen molar-refractivity contribution >= 4 is 46.9 Å². The van der Waals surface area contributed by atoms with Crippen molar-refractivity contribution in [2.75, 3.05) is 13.2 Å². The quantitative estimate of drug-likeness (QED) is 0.404. The number of benzene rings is 1. The summed E-state index contributed by atoms with van der Waals surface area (Å²) in [7, 11) is 0. The molecule has 7 atom stereocenters. The molecule has 3 amide bonds. The standard InChI is InChI=1S/C21H22Cl2N2O5/c1-10(11-5-3-2-4-6-11)24-14(26)9-30-15(27)8-25-20(28)16-12-7-13(17(16)21(25)29)19(23)18(12)22/h2-6,10,12-13,16-19H,7-9H2,1H3,(H,24,26)/t10-,12+,13+,16-,17+,18-,19-/m0/s1. The lowest BCUT2D eigenvalue weighted by Gasteiger charge is -2.28. The predicted octanol–water partition coefficient (Wildman–Crippen LogP) is 1.87. The van der Waals surface area contributed by atoms with Crippen LogP contribution in [0.2, 0.25) is 0 Å². The van der Waals surface area contributed by atoms with E-state index in [0.717, 1.165) is 10.5 Å². The van der Waals surface area contributed by atoms with Crippen molar-refractivity contribution in [2.24, 2.45) is 23.7 Å². The van der Waals surface area contributed by atoms with Crippen LogP contribution in [-0.4, -0.2) is 52.5 Å². The second-order valence-corrected chi connectivity index (χ2v) is 9.13. The molecule has 0 unspecified atom stereocenters. The zero-order valence-electron chi connectivity index (χ0n) is 16.3. The van der Waals surface area contributed by atoms with Crippen molar-refractivity contribution in [1.82, 2.24) is 10.2 Å². The maximum absolute atomic E-state index is 12.7. The lowest BCUT2D eigenvalue weighted by Crippen LogP contribution is -2.39. The lowest BCUT2D eigenvalue weighted by atomic mass is 9.80. The number of rotatable bonds is 6. The molecule has 2 bridgehead atoms. The number of nitrogens with zero attached hydrogens (tertiary/aromatic N) is 1. The maximum atomic E-state index is 12.7. The summed E-state index contributed by atoms with van der Waals surface area (Å²) in [5.41, 5.74) is 0.918. The summed E-state index contributed by atoms with van der Waals surface area (Å²) in [6.07, 6.45) is 0.660. The van der Waals surface area contributed by atoms with Crippen LogP contribution in [0.3, 0.4) is 0 Å². The van der Waals surface area contributed by atoms with E-state index in [1.165, 1.54) is 0 Å². The first-order valence-electron chi connectivity index (χ1n) is 9.93. The van der Waals surface area contributed by atoms with Crippen LogP contribution >= 0.6 is 23.2 Å². The Morgan fingerprint density at radius 3 is 2.23 bits per heavy atom. The minimum absolute atomic E-state index is 0.146. The van der Waals surface area contributed by atoms with Crippen LogP contribution in [0.4, 0.5) is 0 Å². The average molecular weight is 453 g/mol. The number of amides is 3. The van der Waals surface area contributed by atoms with Crippen molar-refractivity contribution in [1.29, 1.82) is 0 Å². The van der Waals surface area contributed by atoms with Gasteiger partial charge in [0.15, 0.2) is 6.61 Å². The van der Waals surface area contributed by atoms with Crippen LogP contribution in [0.5, 0.6) is 0 Å². The molecule has 1 aromatic rings. The van der Waals surface area contributed by atoms with Gasteiger partial charge >= 0.3 is 5.97 Å². The van der Waals surface area contributed by atoms with Gasteiger partial charge in [0, 0.05) is 0 Å². The highest BCUT2D eigenvalue weighted by atomic mass is 35.5. The molecule has 1 heterocycles. The molecule has 9 heteroatoms. The van der Waals surface area contributed by atoms with E-state index in [0.29, 0.717) is 6.42 Å². The number of fused-ring (bicyclic) bond motifs is 5. The van der Waals surface area contributed by atoms with Gasteiger partial charge in [-0.1, -0.05) is 30.3 Å². The molecule has 2 saturated carbocycles. The molecule has 4 rings (SSSR count). The van der Waals surface area contributed by atoms with E-state index in [2.05, 4.69) is 5.32 Å². The van der Waals surface area contributed by atoms with Crippen molar-refractivity contribution in [3.63, 3.8) is 0 Å². The largest absolute Gasteiger partial charge is 0.454 e. The Morgan fingerprint density at radius 1 is 1.10 bits per heavy atom. The SMILES string of the molecule is C[C@H](NC(=O)COC(=O)CN1C(=O)[C@@H]2[C@H]3C[C@@H]([C@H](Cl)[C@H]3Cl)[C@@H]2C1=O)c1ccccc1. The van der Waals surface area contributed by atoms with Crippen LogP contribution in [0.1, 0.15) is 24.9 Å². The zero-order chi connectivity index (χ0) is 21.6. The summed E-state index contributed by atoms with van der Waals surface area (Å²) in [5.74, 6) is -3.39. The van der Waals surface area contributed by atoms with Crippen molar-refractivity contribution < 1.29 is 23.9 Å². The van der Waals surface area contributed by atoms with Gasteiger partial charge in [-0.25, -0.2) is 0 Å². The fourth-order valence-electron chi connectivity index (χ4n) is 5.00. The summed E-state index contributed by atoms with van der Waals surface area (Å²) < 4.78 is 4.98. The van der Waals surface area contributed by atoms with E-state index >= 15 is 0 Å². The Labute approximate surface area is 184 Å². The molecule has 1 N–H and O–H groups in total. The van der Waals surface area contributed by atoms with Gasteiger partial charge < -0.3 is 10.1 Å². The maximum Gasteiger partial charge on any atom is 0.326 e. The molecule has 1 aliphatic heterocycles. The Balaban J connectivity index is 1.29. The Bertz CT molecular complexity index is 847. The van der Waals surface area contributed by atoms with Gasteiger partial charge in [0.25, 0.3) is 5.91 Å². The third-order valence-corrected chi connectivity index (χ3v) is 7.73. The smallest absolute Gasteiger partial charge is 0.326 e. The van der Waals surface area contributed by atoms with Gasteiger partial charge in [-0.3, -0.25) is 24.1 Å². The first kappa shape index (κ1) is 21.1. The minimum atomic E-state index is -0.809. The zero-order valence-corrected chi connectivity index (χ0v) is 17.8. The second-order valence-electron chi connectivity index (χ2n) is 8.13. The first-order chi connectivity index (χ1) is 14.3. The van der Waals surface area contributed by atoms with Gasteiger partial charge in [-0.05, 0) is 30.7 Å².